The monoisotopic (exact) mass is 174 g/mol. The Balaban J connectivity index is 4.26. The van der Waals surface area contributed by atoms with Crippen molar-refractivity contribution < 1.29 is 22.0 Å². The van der Waals surface area contributed by atoms with Crippen LogP contribution in [-0.2, 0) is 13.7 Å². The van der Waals surface area contributed by atoms with E-state index in [4.69, 9.17) is 5.26 Å². The van der Waals surface area contributed by atoms with E-state index < -0.39 is 15.2 Å². The molecule has 4 nitrogen and oxygen atoms in total. The molecule has 2 atom stereocenters. The van der Waals surface area contributed by atoms with Gasteiger partial charge in [0.2, 0.25) is 0 Å². The van der Waals surface area contributed by atoms with E-state index >= 15 is 0 Å². The molecule has 50 valence electrons. The number of halogens is 2. The summed E-state index contributed by atoms with van der Waals surface area (Å²) >= 11 is 0. The van der Waals surface area contributed by atoms with Crippen molar-refractivity contribution in [2.75, 3.05) is 0 Å². The summed E-state index contributed by atoms with van der Waals surface area (Å²) in [6, 6.07) is 0. The molecule has 0 saturated carbocycles. The minimum Gasteiger partial charge on any atom is -0.307 e. The lowest BCUT2D eigenvalue weighted by atomic mass is 11.6. The maximum Gasteiger partial charge on any atom is 0.714 e. The fourth-order valence-electron chi connectivity index (χ4n) is 0.0825. The summed E-state index contributed by atoms with van der Waals surface area (Å²) in [5.41, 5.74) is 0. The first-order chi connectivity index (χ1) is 4.00. The average molecular weight is 174 g/mol. The Morgan fingerprint density at radius 2 is 2.22 bits per heavy atom. The standard InChI is InChI=1S/CF2NO3P2/c2-8(5)9(3,6)7-1-4/q+1. The Labute approximate surface area is 49.8 Å². The summed E-state index contributed by atoms with van der Waals surface area (Å²) in [7, 11) is -9.34. The van der Waals surface area contributed by atoms with Gasteiger partial charge in [0.25, 0.3) is 6.26 Å². The van der Waals surface area contributed by atoms with E-state index in [9.17, 15) is 17.5 Å². The van der Waals surface area contributed by atoms with Gasteiger partial charge in [-0.1, -0.05) is 0 Å². The first-order valence-electron chi connectivity index (χ1n) is 1.51. The van der Waals surface area contributed by atoms with Crippen molar-refractivity contribution in [2.45, 2.75) is 0 Å². The number of nitrogens with zero attached hydrogens (tertiary/aromatic N) is 1. The fraction of sp³-hybridized carbons (Fsp3) is 0. The van der Waals surface area contributed by atoms with E-state index in [1.165, 1.54) is 0 Å². The van der Waals surface area contributed by atoms with Crippen LogP contribution in [-0.4, -0.2) is 0 Å². The lowest BCUT2D eigenvalue weighted by Crippen LogP contribution is -1.65. The highest BCUT2D eigenvalue weighted by Crippen LogP contribution is 2.71. The molecule has 0 aromatic rings. The fourth-order valence-corrected chi connectivity index (χ4v) is 0.549. The van der Waals surface area contributed by atoms with Crippen LogP contribution in [0.15, 0.2) is 0 Å². The molecule has 0 saturated heterocycles. The lowest BCUT2D eigenvalue weighted by molar-refractivity contribution is 0.422. The Morgan fingerprint density at radius 1 is 1.78 bits per heavy atom. The third-order valence-electron chi connectivity index (χ3n) is 0.341. The maximum atomic E-state index is 11.7. The predicted octanol–water partition coefficient (Wildman–Crippen LogP) is 2.27. The van der Waals surface area contributed by atoms with Gasteiger partial charge in [0.1, 0.15) is 0 Å². The summed E-state index contributed by atoms with van der Waals surface area (Å²) in [4.78, 5) is 0. The molecule has 0 rings (SSSR count). The van der Waals surface area contributed by atoms with Crippen molar-refractivity contribution >= 4 is 15.2 Å². The van der Waals surface area contributed by atoms with Crippen LogP contribution in [0, 0.1) is 11.5 Å². The Morgan fingerprint density at radius 3 is 2.33 bits per heavy atom. The van der Waals surface area contributed by atoms with Gasteiger partial charge in [-0.3, -0.25) is 0 Å². The summed E-state index contributed by atoms with van der Waals surface area (Å²) < 4.78 is 45.1. The molecule has 0 aromatic carbocycles. The second kappa shape index (κ2) is 2.86. The van der Waals surface area contributed by atoms with Crippen LogP contribution in [0.2, 0.25) is 0 Å². The van der Waals surface area contributed by atoms with Crippen molar-refractivity contribution in [3.05, 3.63) is 0 Å². The molecular weight excluding hydrogens is 174 g/mol. The van der Waals surface area contributed by atoms with Crippen LogP contribution >= 0.6 is 15.2 Å². The minimum atomic E-state index is -5.28. The molecule has 0 aliphatic carbocycles. The lowest BCUT2D eigenvalue weighted by Gasteiger charge is -1.80. The van der Waals surface area contributed by atoms with Gasteiger partial charge in [-0.05, 0) is 4.57 Å². The molecule has 0 bridgehead atoms. The molecule has 0 heterocycles. The summed E-state index contributed by atoms with van der Waals surface area (Å²) in [6.07, 6.45) is 0.627. The number of hydrogen-bond donors (Lipinski definition) is 0. The van der Waals surface area contributed by atoms with Crippen molar-refractivity contribution in [3.8, 4) is 6.26 Å². The van der Waals surface area contributed by atoms with Crippen molar-refractivity contribution in [3.63, 3.8) is 0 Å². The van der Waals surface area contributed by atoms with Gasteiger partial charge >= 0.3 is 15.2 Å². The highest BCUT2D eigenvalue weighted by molar-refractivity contribution is 8.20. The van der Waals surface area contributed by atoms with Gasteiger partial charge in [0.15, 0.2) is 0 Å². The molecule has 0 aromatic heterocycles. The first-order valence-corrected chi connectivity index (χ1v) is 4.89. The van der Waals surface area contributed by atoms with Crippen LogP contribution in [0.1, 0.15) is 0 Å². The molecule has 0 radical (unpaired) electrons. The van der Waals surface area contributed by atoms with E-state index in [2.05, 4.69) is 4.52 Å². The number of hydrogen-bond acceptors (Lipinski definition) is 4. The van der Waals surface area contributed by atoms with Crippen LogP contribution < -0.4 is 0 Å². The topological polar surface area (TPSA) is 67.2 Å². The number of nitriles is 1. The van der Waals surface area contributed by atoms with E-state index in [0.29, 0.717) is 6.26 Å². The normalized spacial score (nSPS) is 17.2. The zero-order valence-electron chi connectivity index (χ0n) is 3.82. The quantitative estimate of drug-likeness (QED) is 0.475. The van der Waals surface area contributed by atoms with Crippen LogP contribution in [0.4, 0.5) is 8.39 Å². The highest BCUT2D eigenvalue weighted by atomic mass is 32.1. The zero-order valence-corrected chi connectivity index (χ0v) is 5.61. The molecule has 0 N–H and O–H groups in total. The molecule has 0 aliphatic heterocycles. The number of rotatable bonds is 2. The van der Waals surface area contributed by atoms with E-state index in [1.807, 2.05) is 0 Å². The summed E-state index contributed by atoms with van der Waals surface area (Å²) in [5.74, 6) is 0. The van der Waals surface area contributed by atoms with E-state index in [0.717, 1.165) is 0 Å². The Bertz CT molecular complexity index is 208. The predicted molar refractivity (Wildman–Crippen MR) is 24.1 cm³/mol. The second-order valence-electron chi connectivity index (χ2n) is 0.860. The first kappa shape index (κ1) is 8.48. The van der Waals surface area contributed by atoms with Crippen molar-refractivity contribution in [2.24, 2.45) is 0 Å². The molecule has 8 heteroatoms. The van der Waals surface area contributed by atoms with Crippen molar-refractivity contribution in [1.82, 2.24) is 0 Å². The average Bonchev–Trinajstić information content (AvgIpc) is 1.65. The van der Waals surface area contributed by atoms with Gasteiger partial charge in [0.05, 0.1) is 4.20 Å². The van der Waals surface area contributed by atoms with Gasteiger partial charge in [-0.15, -0.1) is 9.46 Å². The Kier molecular flexibility index (Phi) is 2.69. The second-order valence-corrected chi connectivity index (χ2v) is 4.78. The highest BCUT2D eigenvalue weighted by Gasteiger charge is 2.52. The molecule has 0 amide bonds. The summed E-state index contributed by atoms with van der Waals surface area (Å²) in [5, 5.41) is 7.47. The van der Waals surface area contributed by atoms with Crippen LogP contribution in [0.3, 0.4) is 0 Å². The largest absolute Gasteiger partial charge is 0.714 e. The van der Waals surface area contributed by atoms with Crippen molar-refractivity contribution in [1.29, 1.82) is 5.26 Å². The van der Waals surface area contributed by atoms with Gasteiger partial charge < -0.3 is 4.52 Å². The molecule has 2 unspecified atom stereocenters. The summed E-state index contributed by atoms with van der Waals surface area (Å²) in [6.45, 7) is 0. The van der Waals surface area contributed by atoms with Gasteiger partial charge in [-0.25, -0.2) is 0 Å². The van der Waals surface area contributed by atoms with Gasteiger partial charge in [-0.2, -0.15) is 4.57 Å². The molecular formula is CF2NO3P2+. The van der Waals surface area contributed by atoms with Crippen LogP contribution in [0.5, 0.6) is 0 Å². The zero-order chi connectivity index (χ0) is 7.49. The third kappa shape index (κ3) is 2.50. The van der Waals surface area contributed by atoms with Gasteiger partial charge in [0, 0.05) is 0 Å². The molecule has 0 aliphatic rings. The SMILES string of the molecule is N#COP(=O)(F)[P+](=O)F. The maximum absolute atomic E-state index is 11.7. The minimum absolute atomic E-state index is 0.627. The Hall–Kier alpha value is -0.520. The molecule has 0 spiro atoms. The molecule has 0 fully saturated rings. The molecule has 9 heavy (non-hydrogen) atoms. The smallest absolute Gasteiger partial charge is 0.307 e. The van der Waals surface area contributed by atoms with Crippen LogP contribution in [0.25, 0.3) is 0 Å². The van der Waals surface area contributed by atoms with E-state index in [1.54, 1.807) is 0 Å². The van der Waals surface area contributed by atoms with E-state index in [-0.39, 0.29) is 0 Å². The third-order valence-corrected chi connectivity index (χ3v) is 2.40.